The number of amidine groups is 1. The second kappa shape index (κ2) is 6.51. The van der Waals surface area contributed by atoms with Crippen molar-refractivity contribution in [3.8, 4) is 0 Å². The maximum atomic E-state index is 11.9. The summed E-state index contributed by atoms with van der Waals surface area (Å²) in [6.07, 6.45) is 2.19. The highest BCUT2D eigenvalue weighted by Crippen LogP contribution is 2.11. The fraction of sp³-hybridized carbons (Fsp3) is 0.417. The van der Waals surface area contributed by atoms with E-state index in [9.17, 15) is 8.42 Å². The Kier molecular flexibility index (Phi) is 5.30. The Balaban J connectivity index is 2.69. The van der Waals surface area contributed by atoms with Crippen LogP contribution in [0, 0.1) is 5.41 Å². The van der Waals surface area contributed by atoms with Crippen molar-refractivity contribution in [2.45, 2.75) is 31.1 Å². The molecule has 0 heterocycles. The Morgan fingerprint density at radius 3 is 2.44 bits per heavy atom. The number of hydrogen-bond acceptors (Lipinski definition) is 3. The van der Waals surface area contributed by atoms with Gasteiger partial charge in [-0.2, -0.15) is 0 Å². The second-order valence-corrected chi connectivity index (χ2v) is 5.83. The molecule has 0 radical (unpaired) electrons. The third-order valence-corrected chi connectivity index (χ3v) is 3.94. The quantitative estimate of drug-likeness (QED) is 0.513. The van der Waals surface area contributed by atoms with Crippen LogP contribution in [0.15, 0.2) is 29.2 Å². The van der Waals surface area contributed by atoms with Gasteiger partial charge in [0.05, 0.1) is 10.7 Å². The number of rotatable bonds is 7. The van der Waals surface area contributed by atoms with Gasteiger partial charge in [-0.1, -0.05) is 25.5 Å². The number of nitrogens with one attached hydrogen (secondary N) is 2. The summed E-state index contributed by atoms with van der Waals surface area (Å²) < 4.78 is 26.1. The first-order chi connectivity index (χ1) is 8.45. The molecule has 0 atom stereocenters. The molecule has 1 rings (SSSR count). The van der Waals surface area contributed by atoms with Crippen LogP contribution in [0.1, 0.15) is 25.3 Å². The lowest BCUT2D eigenvalue weighted by Gasteiger charge is -2.07. The van der Waals surface area contributed by atoms with Gasteiger partial charge in [-0.3, -0.25) is 5.41 Å². The molecular weight excluding hydrogens is 250 g/mol. The Hall–Kier alpha value is -1.40. The molecular formula is C12H19N3O2S. The van der Waals surface area contributed by atoms with Crippen molar-refractivity contribution < 1.29 is 8.42 Å². The molecule has 0 spiro atoms. The van der Waals surface area contributed by atoms with Gasteiger partial charge >= 0.3 is 0 Å². The molecule has 0 saturated carbocycles. The summed E-state index contributed by atoms with van der Waals surface area (Å²) in [7, 11) is -3.49. The summed E-state index contributed by atoms with van der Waals surface area (Å²) in [6, 6.07) is 6.84. The van der Waals surface area contributed by atoms with Crippen molar-refractivity contribution in [1.82, 2.24) is 4.72 Å². The lowest BCUT2D eigenvalue weighted by atomic mass is 10.1. The van der Waals surface area contributed by atoms with Gasteiger partial charge in [0.25, 0.3) is 0 Å². The van der Waals surface area contributed by atoms with Crippen molar-refractivity contribution in [2.24, 2.45) is 5.73 Å². The molecule has 100 valence electrons. The molecule has 0 saturated heterocycles. The number of sulfonamides is 1. The average Bonchev–Trinajstić information content (AvgIpc) is 2.29. The van der Waals surface area contributed by atoms with Gasteiger partial charge in [-0.05, 0) is 24.1 Å². The first-order valence-electron chi connectivity index (χ1n) is 5.87. The smallest absolute Gasteiger partial charge is 0.240 e. The van der Waals surface area contributed by atoms with Crippen LogP contribution in [-0.4, -0.2) is 20.8 Å². The first kappa shape index (κ1) is 14.7. The molecule has 1 aromatic rings. The molecule has 6 heteroatoms. The van der Waals surface area contributed by atoms with Crippen molar-refractivity contribution >= 4 is 15.9 Å². The Labute approximate surface area is 108 Å². The number of benzene rings is 1. The molecule has 5 nitrogen and oxygen atoms in total. The summed E-state index contributed by atoms with van der Waals surface area (Å²) in [5, 5.41) is 7.02. The van der Waals surface area contributed by atoms with Crippen LogP contribution >= 0.6 is 0 Å². The predicted octanol–water partition coefficient (Wildman–Crippen LogP) is 1.24. The van der Waals surface area contributed by atoms with Gasteiger partial charge in [-0.15, -0.1) is 0 Å². The maximum Gasteiger partial charge on any atom is 0.240 e. The first-order valence-corrected chi connectivity index (χ1v) is 7.35. The van der Waals surface area contributed by atoms with E-state index in [2.05, 4.69) is 11.6 Å². The SMILES string of the molecule is CCCc1ccc(S(=O)(=O)NCCC(=N)N)cc1. The van der Waals surface area contributed by atoms with Crippen LogP contribution in [0.4, 0.5) is 0 Å². The molecule has 0 aliphatic rings. The Morgan fingerprint density at radius 2 is 1.94 bits per heavy atom. The minimum atomic E-state index is -3.49. The summed E-state index contributed by atoms with van der Waals surface area (Å²) >= 11 is 0. The zero-order valence-corrected chi connectivity index (χ0v) is 11.3. The van der Waals surface area contributed by atoms with Crippen molar-refractivity contribution in [3.63, 3.8) is 0 Å². The maximum absolute atomic E-state index is 11.9. The molecule has 4 N–H and O–H groups in total. The lowest BCUT2D eigenvalue weighted by molar-refractivity contribution is 0.582. The number of nitrogens with two attached hydrogens (primary N) is 1. The minimum absolute atomic E-state index is 0.0315. The largest absolute Gasteiger partial charge is 0.388 e. The van der Waals surface area contributed by atoms with Gasteiger partial charge in [-0.25, -0.2) is 13.1 Å². The third kappa shape index (κ3) is 4.46. The van der Waals surface area contributed by atoms with Gasteiger partial charge in [0, 0.05) is 13.0 Å². The Bertz CT molecular complexity index is 495. The van der Waals surface area contributed by atoms with Crippen LogP contribution in [0.3, 0.4) is 0 Å². The van der Waals surface area contributed by atoms with Crippen molar-refractivity contribution in [1.29, 1.82) is 5.41 Å². The molecule has 0 aliphatic carbocycles. The molecule has 0 aliphatic heterocycles. The van der Waals surface area contributed by atoms with Crippen LogP contribution in [-0.2, 0) is 16.4 Å². The Morgan fingerprint density at radius 1 is 1.33 bits per heavy atom. The monoisotopic (exact) mass is 269 g/mol. The third-order valence-electron chi connectivity index (χ3n) is 2.46. The van der Waals surface area contributed by atoms with E-state index in [4.69, 9.17) is 11.1 Å². The number of hydrogen-bond donors (Lipinski definition) is 3. The normalized spacial score (nSPS) is 11.4. The highest BCUT2D eigenvalue weighted by Gasteiger charge is 2.12. The number of aryl methyl sites for hydroxylation is 1. The van der Waals surface area contributed by atoms with Crippen LogP contribution < -0.4 is 10.5 Å². The fourth-order valence-corrected chi connectivity index (χ4v) is 2.56. The van der Waals surface area contributed by atoms with Gasteiger partial charge in [0.15, 0.2) is 0 Å². The van der Waals surface area contributed by atoms with E-state index >= 15 is 0 Å². The molecule has 1 aromatic carbocycles. The summed E-state index contributed by atoms with van der Waals surface area (Å²) in [5.41, 5.74) is 6.29. The van der Waals surface area contributed by atoms with E-state index in [1.807, 2.05) is 12.1 Å². The van der Waals surface area contributed by atoms with Gasteiger partial charge in [0.1, 0.15) is 0 Å². The fourth-order valence-electron chi connectivity index (χ4n) is 1.53. The zero-order valence-electron chi connectivity index (χ0n) is 10.4. The lowest BCUT2D eigenvalue weighted by Crippen LogP contribution is -2.27. The molecule has 0 bridgehead atoms. The van der Waals surface area contributed by atoms with E-state index in [1.165, 1.54) is 0 Å². The zero-order chi connectivity index (χ0) is 13.6. The molecule has 18 heavy (non-hydrogen) atoms. The standard InChI is InChI=1S/C12H19N3O2S/c1-2-3-10-4-6-11(7-5-10)18(16,17)15-9-8-12(13)14/h4-7,15H,2-3,8-9H2,1H3,(H3,13,14). The van der Waals surface area contributed by atoms with Crippen LogP contribution in [0.25, 0.3) is 0 Å². The second-order valence-electron chi connectivity index (χ2n) is 4.07. The molecule has 0 fully saturated rings. The van der Waals surface area contributed by atoms with Crippen LogP contribution in [0.5, 0.6) is 0 Å². The summed E-state index contributed by atoms with van der Waals surface area (Å²) in [6.45, 7) is 2.22. The van der Waals surface area contributed by atoms with E-state index < -0.39 is 10.0 Å². The predicted molar refractivity (Wildman–Crippen MR) is 72.2 cm³/mol. The summed E-state index contributed by atoms with van der Waals surface area (Å²) in [4.78, 5) is 0.242. The van der Waals surface area contributed by atoms with E-state index in [-0.39, 0.29) is 23.7 Å². The summed E-state index contributed by atoms with van der Waals surface area (Å²) in [5.74, 6) is -0.0315. The molecule has 0 amide bonds. The van der Waals surface area contributed by atoms with E-state index in [0.29, 0.717) is 0 Å². The van der Waals surface area contributed by atoms with Gasteiger partial charge < -0.3 is 5.73 Å². The highest BCUT2D eigenvalue weighted by molar-refractivity contribution is 7.89. The molecule has 0 unspecified atom stereocenters. The van der Waals surface area contributed by atoms with E-state index in [0.717, 1.165) is 18.4 Å². The molecule has 0 aromatic heterocycles. The minimum Gasteiger partial charge on any atom is -0.388 e. The highest BCUT2D eigenvalue weighted by atomic mass is 32.2. The topological polar surface area (TPSA) is 96.0 Å². The van der Waals surface area contributed by atoms with Crippen LogP contribution in [0.2, 0.25) is 0 Å². The van der Waals surface area contributed by atoms with Crippen molar-refractivity contribution in [3.05, 3.63) is 29.8 Å². The van der Waals surface area contributed by atoms with Crippen molar-refractivity contribution in [2.75, 3.05) is 6.54 Å². The average molecular weight is 269 g/mol. The van der Waals surface area contributed by atoms with Gasteiger partial charge in [0.2, 0.25) is 10.0 Å². The van der Waals surface area contributed by atoms with E-state index in [1.54, 1.807) is 12.1 Å².